The fourth-order valence-corrected chi connectivity index (χ4v) is 8.04. The van der Waals surface area contributed by atoms with E-state index in [1.54, 1.807) is 0 Å². The second-order valence-corrected chi connectivity index (χ2v) is 14.6. The Bertz CT molecular complexity index is 378. The van der Waals surface area contributed by atoms with Crippen molar-refractivity contribution in [3.8, 4) is 0 Å². The Morgan fingerprint density at radius 3 is 1.33 bits per heavy atom. The monoisotopic (exact) mass is 746 g/mol. The molecular formula is C10H12F6Hg2O6. The van der Waals surface area contributed by atoms with Crippen molar-refractivity contribution >= 4 is 11.9 Å². The molecule has 6 nitrogen and oxygen atoms in total. The first-order valence-electron chi connectivity index (χ1n) is 6.64. The van der Waals surface area contributed by atoms with E-state index in [1.165, 1.54) is 13.8 Å². The second kappa shape index (κ2) is 11.1. The summed E-state index contributed by atoms with van der Waals surface area (Å²) < 4.78 is 79.9. The predicted octanol–water partition coefficient (Wildman–Crippen LogP) is 2.75. The van der Waals surface area contributed by atoms with Gasteiger partial charge in [-0.25, -0.2) is 0 Å². The van der Waals surface area contributed by atoms with Gasteiger partial charge < -0.3 is 0 Å². The number of halogens is 6. The number of rotatable bonds is 9. The van der Waals surface area contributed by atoms with Gasteiger partial charge in [-0.15, -0.1) is 0 Å². The van der Waals surface area contributed by atoms with Gasteiger partial charge in [0.1, 0.15) is 0 Å². The molecule has 24 heavy (non-hydrogen) atoms. The number of alkyl halides is 6. The summed E-state index contributed by atoms with van der Waals surface area (Å²) in [5.74, 6) is -4.43. The zero-order chi connectivity index (χ0) is 19.0. The summed E-state index contributed by atoms with van der Waals surface area (Å²) in [7, 11) is 0. The molecule has 0 rings (SSSR count). The molecule has 0 aromatic carbocycles. The Labute approximate surface area is 158 Å². The standard InChI is InChI=1S/C6H12O2.2C2HF3O2.2Hg/c1-5(2)7-8-6(3)4;2*3-2(4,5)1(6)7;;/h5-6H,1,3H2,2,4H3;2*(H,6,7);;/q;;;2*+1/p-2. The second-order valence-electron chi connectivity index (χ2n) is 4.66. The van der Waals surface area contributed by atoms with E-state index < -0.39 is 86.6 Å². The molecule has 0 aromatic heterocycles. The van der Waals surface area contributed by atoms with Crippen molar-refractivity contribution in [1.29, 1.82) is 0 Å². The Morgan fingerprint density at radius 1 is 0.792 bits per heavy atom. The predicted molar refractivity (Wildman–Crippen MR) is 55.0 cm³/mol. The maximum atomic E-state index is 11.9. The first-order chi connectivity index (χ1) is 10.8. The van der Waals surface area contributed by atoms with Crippen LogP contribution in [-0.2, 0) is 74.7 Å². The SMILES string of the molecule is CC([CH2][Hg][O]C(=O)C(F)(F)F)OOC(C)[CH2][Hg][O]C(=O)C(F)(F)F. The quantitative estimate of drug-likeness (QED) is 0.157. The fourth-order valence-electron chi connectivity index (χ4n) is 1.08. The van der Waals surface area contributed by atoms with Crippen LogP contribution in [0.25, 0.3) is 0 Å². The van der Waals surface area contributed by atoms with Crippen LogP contribution < -0.4 is 0 Å². The molecule has 0 radical (unpaired) electrons. The van der Waals surface area contributed by atoms with Crippen molar-refractivity contribution < 1.29 is 101 Å². The third-order valence-corrected chi connectivity index (χ3v) is 14.1. The van der Waals surface area contributed by atoms with E-state index in [2.05, 4.69) is 5.29 Å². The minimum absolute atomic E-state index is 0.141. The topological polar surface area (TPSA) is 71.1 Å². The molecule has 0 aliphatic rings. The van der Waals surface area contributed by atoms with Crippen molar-refractivity contribution in [3.63, 3.8) is 0 Å². The van der Waals surface area contributed by atoms with Crippen LogP contribution in [0, 0.1) is 0 Å². The molecule has 0 aromatic rings. The molecule has 0 aliphatic carbocycles. The summed E-state index contributed by atoms with van der Waals surface area (Å²) >= 11 is -5.13. The zero-order valence-corrected chi connectivity index (χ0v) is 23.7. The van der Waals surface area contributed by atoms with E-state index in [4.69, 9.17) is 9.78 Å². The van der Waals surface area contributed by atoms with Crippen LogP contribution >= 0.6 is 0 Å². The van der Waals surface area contributed by atoms with Gasteiger partial charge in [-0.1, -0.05) is 0 Å². The van der Waals surface area contributed by atoms with Crippen LogP contribution in [0.1, 0.15) is 13.8 Å². The third-order valence-electron chi connectivity index (χ3n) is 2.36. The van der Waals surface area contributed by atoms with Gasteiger partial charge >= 0.3 is 159 Å². The van der Waals surface area contributed by atoms with Gasteiger partial charge in [0.15, 0.2) is 0 Å². The molecule has 0 N–H and O–H groups in total. The molecule has 0 aliphatic heterocycles. The molecule has 0 saturated heterocycles. The van der Waals surface area contributed by atoms with E-state index >= 15 is 0 Å². The minimum atomic E-state index is -5.02. The van der Waals surface area contributed by atoms with Crippen molar-refractivity contribution in [3.05, 3.63) is 0 Å². The Kier molecular flexibility index (Phi) is 11.3. The fraction of sp³-hybridized carbons (Fsp3) is 0.800. The van der Waals surface area contributed by atoms with Gasteiger partial charge in [0.05, 0.1) is 0 Å². The van der Waals surface area contributed by atoms with E-state index in [-0.39, 0.29) is 7.86 Å². The van der Waals surface area contributed by atoms with E-state index in [9.17, 15) is 35.9 Å². The molecule has 134 valence electrons. The van der Waals surface area contributed by atoms with E-state index in [0.717, 1.165) is 0 Å². The van der Waals surface area contributed by atoms with Gasteiger partial charge in [0, 0.05) is 0 Å². The Balaban J connectivity index is 3.81. The molecular weight excluding hydrogens is 731 g/mol. The summed E-state index contributed by atoms with van der Waals surface area (Å²) in [4.78, 5) is 30.7. The number of hydrogen-bond acceptors (Lipinski definition) is 6. The molecule has 0 heterocycles. The number of carbonyl (C=O) groups is 2. The average Bonchev–Trinajstić information content (AvgIpc) is 2.42. The first-order valence-corrected chi connectivity index (χ1v) is 18.9. The summed E-state index contributed by atoms with van der Waals surface area (Å²) in [5.41, 5.74) is 0. The zero-order valence-electron chi connectivity index (χ0n) is 12.7. The van der Waals surface area contributed by atoms with Crippen molar-refractivity contribution in [2.45, 2.75) is 46.3 Å². The normalized spacial score (nSPS) is 14.2. The van der Waals surface area contributed by atoms with E-state index in [1.807, 2.05) is 0 Å². The van der Waals surface area contributed by atoms with Crippen LogP contribution in [0.3, 0.4) is 0 Å². The van der Waals surface area contributed by atoms with Gasteiger partial charge in [-0.05, 0) is 0 Å². The van der Waals surface area contributed by atoms with Crippen LogP contribution in [0.15, 0.2) is 0 Å². The van der Waals surface area contributed by atoms with Crippen LogP contribution in [-0.4, -0.2) is 36.5 Å². The van der Waals surface area contributed by atoms with Gasteiger partial charge in [0.2, 0.25) is 0 Å². The van der Waals surface area contributed by atoms with Gasteiger partial charge in [0.25, 0.3) is 0 Å². The molecule has 0 spiro atoms. The van der Waals surface area contributed by atoms with Crippen LogP contribution in [0.4, 0.5) is 26.3 Å². The Hall–Kier alpha value is 0.310. The van der Waals surface area contributed by atoms with Crippen LogP contribution in [0.5, 0.6) is 0 Å². The third kappa shape index (κ3) is 11.8. The molecule has 0 bridgehead atoms. The molecule has 0 amide bonds. The maximum absolute atomic E-state index is 11.9. The van der Waals surface area contributed by atoms with Gasteiger partial charge in [-0.2, -0.15) is 0 Å². The molecule has 14 heteroatoms. The molecule has 2 atom stereocenters. The Morgan fingerprint density at radius 2 is 1.08 bits per heavy atom. The summed E-state index contributed by atoms with van der Waals surface area (Å²) in [5, 5.41) is 0. The van der Waals surface area contributed by atoms with Crippen LogP contribution in [0.2, 0.25) is 7.86 Å². The summed E-state index contributed by atoms with van der Waals surface area (Å²) in [6.45, 7) is 2.98. The van der Waals surface area contributed by atoms with E-state index in [0.29, 0.717) is 0 Å². The first kappa shape index (κ1) is 24.3. The van der Waals surface area contributed by atoms with Gasteiger partial charge in [-0.3, -0.25) is 0 Å². The number of hydrogen-bond donors (Lipinski definition) is 0. The summed E-state index contributed by atoms with van der Waals surface area (Å²) in [6, 6.07) is 0. The summed E-state index contributed by atoms with van der Waals surface area (Å²) in [6.07, 6.45) is -11.3. The molecule has 0 fully saturated rings. The molecule has 2 unspecified atom stereocenters. The van der Waals surface area contributed by atoms with Crippen molar-refractivity contribution in [2.24, 2.45) is 0 Å². The van der Waals surface area contributed by atoms with Crippen molar-refractivity contribution in [2.75, 3.05) is 0 Å². The average molecular weight is 743 g/mol. The molecule has 0 saturated carbocycles. The van der Waals surface area contributed by atoms with Crippen molar-refractivity contribution in [1.82, 2.24) is 0 Å². The number of carbonyl (C=O) groups excluding carboxylic acids is 2.